The van der Waals surface area contributed by atoms with Crippen LogP contribution in [0.1, 0.15) is 29.4 Å². The molecule has 8 nitrogen and oxygen atoms in total. The maximum atomic E-state index is 13.5. The van der Waals surface area contributed by atoms with E-state index >= 15 is 0 Å². The van der Waals surface area contributed by atoms with Crippen LogP contribution in [0, 0.1) is 6.92 Å². The first-order chi connectivity index (χ1) is 15.0. The zero-order valence-corrected chi connectivity index (χ0v) is 17.6. The maximum absolute atomic E-state index is 13.5. The number of tetrazole rings is 1. The number of hydrogen-bond donors (Lipinski definition) is 1. The Balaban J connectivity index is 1.70. The highest BCUT2D eigenvalue weighted by molar-refractivity contribution is 6.30. The molecule has 0 bridgehead atoms. The summed E-state index contributed by atoms with van der Waals surface area (Å²) in [6.07, 6.45) is -4.73. The van der Waals surface area contributed by atoms with Crippen molar-refractivity contribution in [3.05, 3.63) is 70.0 Å². The molecule has 4 rings (SSSR count). The summed E-state index contributed by atoms with van der Waals surface area (Å²) in [6, 6.07) is 9.52. The Bertz CT molecular complexity index is 1230. The molecule has 1 aliphatic heterocycles. The molecular formula is C20H16ClF3N6O2. The van der Waals surface area contributed by atoms with Gasteiger partial charge in [-0.1, -0.05) is 35.9 Å². The first-order valence-electron chi connectivity index (χ1n) is 9.37. The molecule has 2 aromatic carbocycles. The predicted octanol–water partition coefficient (Wildman–Crippen LogP) is 3.61. The fraction of sp³-hybridized carbons (Fsp3) is 0.250. The zero-order valence-electron chi connectivity index (χ0n) is 16.8. The third-order valence-corrected chi connectivity index (χ3v) is 5.52. The predicted molar refractivity (Wildman–Crippen MR) is 107 cm³/mol. The number of amides is 3. The van der Waals surface area contributed by atoms with Gasteiger partial charge in [-0.25, -0.2) is 4.79 Å². The number of carbonyl (C=O) groups is 2. The first kappa shape index (κ1) is 21.8. The Labute approximate surface area is 185 Å². The van der Waals surface area contributed by atoms with Crippen molar-refractivity contribution < 1.29 is 22.8 Å². The average molecular weight is 465 g/mol. The minimum Gasteiger partial charge on any atom is -0.319 e. The van der Waals surface area contributed by atoms with E-state index in [1.165, 1.54) is 6.07 Å². The van der Waals surface area contributed by atoms with Crippen molar-refractivity contribution in [3.8, 4) is 5.69 Å². The highest BCUT2D eigenvalue weighted by Crippen LogP contribution is 2.36. The van der Waals surface area contributed by atoms with Crippen LogP contribution in [0.4, 0.5) is 18.0 Å². The van der Waals surface area contributed by atoms with Crippen LogP contribution in [0.25, 0.3) is 5.69 Å². The molecule has 0 spiro atoms. The van der Waals surface area contributed by atoms with Gasteiger partial charge in [-0.3, -0.25) is 9.69 Å². The van der Waals surface area contributed by atoms with Crippen molar-refractivity contribution >= 4 is 23.5 Å². The molecule has 3 aromatic rings. The van der Waals surface area contributed by atoms with Crippen molar-refractivity contribution in [2.75, 3.05) is 0 Å². The molecule has 1 atom stereocenters. The van der Waals surface area contributed by atoms with Crippen molar-refractivity contribution in [2.24, 2.45) is 0 Å². The number of aromatic nitrogens is 4. The number of halogens is 4. The van der Waals surface area contributed by atoms with Crippen LogP contribution in [-0.2, 0) is 23.1 Å². The lowest BCUT2D eigenvalue weighted by molar-refractivity contribution is -0.137. The van der Waals surface area contributed by atoms with E-state index in [-0.39, 0.29) is 16.5 Å². The summed E-state index contributed by atoms with van der Waals surface area (Å²) in [4.78, 5) is 26.7. The van der Waals surface area contributed by atoms with E-state index in [0.717, 1.165) is 27.3 Å². The second-order valence-electron chi connectivity index (χ2n) is 7.43. The maximum Gasteiger partial charge on any atom is 0.418 e. The molecule has 32 heavy (non-hydrogen) atoms. The standard InChI is InChI=1S/C20H16ClF3N6O2/c1-11-5-3-4-6-13(11)19(2)17(31)29(18(32)25-19)10-16-26-27-28-30(16)15-8-7-12(21)9-14(15)20(22,23)24/h3-9H,10H2,1-2H3,(H,25,32). The number of aryl methyl sites for hydroxylation is 1. The van der Waals surface area contributed by atoms with Gasteiger partial charge in [-0.2, -0.15) is 17.9 Å². The fourth-order valence-electron chi connectivity index (χ4n) is 3.71. The second-order valence-corrected chi connectivity index (χ2v) is 7.86. The Hall–Kier alpha value is -3.47. The zero-order chi connectivity index (χ0) is 23.3. The number of imide groups is 1. The molecule has 0 radical (unpaired) electrons. The van der Waals surface area contributed by atoms with Gasteiger partial charge in [-0.05, 0) is 53.6 Å². The molecule has 0 aliphatic carbocycles. The molecule has 2 heterocycles. The molecule has 0 saturated carbocycles. The second kappa shape index (κ2) is 7.59. The van der Waals surface area contributed by atoms with E-state index in [2.05, 4.69) is 20.8 Å². The van der Waals surface area contributed by atoms with Crippen molar-refractivity contribution in [3.63, 3.8) is 0 Å². The van der Waals surface area contributed by atoms with E-state index < -0.39 is 35.8 Å². The SMILES string of the molecule is Cc1ccccc1C1(C)NC(=O)N(Cc2nnnn2-c2ccc(Cl)cc2C(F)(F)F)C1=O. The normalized spacial score (nSPS) is 18.9. The van der Waals surface area contributed by atoms with Gasteiger partial charge in [0.15, 0.2) is 5.82 Å². The van der Waals surface area contributed by atoms with Gasteiger partial charge < -0.3 is 5.32 Å². The summed E-state index contributed by atoms with van der Waals surface area (Å²) >= 11 is 5.74. The average Bonchev–Trinajstić information content (AvgIpc) is 3.26. The Morgan fingerprint density at radius 3 is 2.56 bits per heavy atom. The molecule has 12 heteroatoms. The summed E-state index contributed by atoms with van der Waals surface area (Å²) in [5.74, 6) is -0.700. The quantitative estimate of drug-likeness (QED) is 0.595. The molecule has 3 amide bonds. The topological polar surface area (TPSA) is 93.0 Å². The smallest absolute Gasteiger partial charge is 0.319 e. The summed E-state index contributed by atoms with van der Waals surface area (Å²) in [5, 5.41) is 13.4. The molecular weight excluding hydrogens is 449 g/mol. The van der Waals surface area contributed by atoms with Gasteiger partial charge in [0.25, 0.3) is 5.91 Å². The number of carbonyl (C=O) groups excluding carboxylic acids is 2. The van der Waals surface area contributed by atoms with E-state index in [1.807, 2.05) is 13.0 Å². The van der Waals surface area contributed by atoms with E-state index in [0.29, 0.717) is 5.56 Å². The number of hydrogen-bond acceptors (Lipinski definition) is 5. The van der Waals surface area contributed by atoms with Gasteiger partial charge in [0.05, 0.1) is 17.8 Å². The van der Waals surface area contributed by atoms with Gasteiger partial charge in [0.2, 0.25) is 0 Å². The number of nitrogens with zero attached hydrogens (tertiary/aromatic N) is 5. The molecule has 1 aliphatic rings. The minimum absolute atomic E-state index is 0.112. The summed E-state index contributed by atoms with van der Waals surface area (Å²) < 4.78 is 41.5. The molecule has 1 fully saturated rings. The third-order valence-electron chi connectivity index (χ3n) is 5.28. The minimum atomic E-state index is -4.73. The van der Waals surface area contributed by atoms with Crippen molar-refractivity contribution in [2.45, 2.75) is 32.1 Å². The lowest BCUT2D eigenvalue weighted by Gasteiger charge is -2.24. The largest absolute Gasteiger partial charge is 0.418 e. The highest BCUT2D eigenvalue weighted by atomic mass is 35.5. The lowest BCUT2D eigenvalue weighted by atomic mass is 9.88. The Morgan fingerprint density at radius 1 is 1.16 bits per heavy atom. The van der Waals surface area contributed by atoms with Gasteiger partial charge in [-0.15, -0.1) is 5.10 Å². The molecule has 1 aromatic heterocycles. The molecule has 1 unspecified atom stereocenters. The van der Waals surface area contributed by atoms with Crippen LogP contribution in [0.5, 0.6) is 0 Å². The van der Waals surface area contributed by atoms with Gasteiger partial charge in [0, 0.05) is 5.02 Å². The summed E-state index contributed by atoms with van der Waals surface area (Å²) in [5.41, 5.74) is -1.36. The van der Waals surface area contributed by atoms with Gasteiger partial charge in [0.1, 0.15) is 5.54 Å². The van der Waals surface area contributed by atoms with Crippen molar-refractivity contribution in [1.29, 1.82) is 0 Å². The van der Waals surface area contributed by atoms with Crippen LogP contribution >= 0.6 is 11.6 Å². The molecule has 1 saturated heterocycles. The monoisotopic (exact) mass is 464 g/mol. The number of nitrogens with one attached hydrogen (secondary N) is 1. The summed E-state index contributed by atoms with van der Waals surface area (Å²) in [6.45, 7) is 2.95. The fourth-order valence-corrected chi connectivity index (χ4v) is 3.88. The first-order valence-corrected chi connectivity index (χ1v) is 9.75. The van der Waals surface area contributed by atoms with Crippen LogP contribution in [0.3, 0.4) is 0 Å². The Kier molecular flexibility index (Phi) is 5.16. The van der Waals surface area contributed by atoms with Gasteiger partial charge >= 0.3 is 12.2 Å². The van der Waals surface area contributed by atoms with Crippen molar-refractivity contribution in [1.82, 2.24) is 30.4 Å². The summed E-state index contributed by atoms with van der Waals surface area (Å²) in [7, 11) is 0. The van der Waals surface area contributed by atoms with Crippen LogP contribution < -0.4 is 5.32 Å². The number of benzene rings is 2. The Morgan fingerprint density at radius 2 is 1.88 bits per heavy atom. The third kappa shape index (κ3) is 3.58. The highest BCUT2D eigenvalue weighted by Gasteiger charge is 2.50. The molecule has 1 N–H and O–H groups in total. The van der Waals surface area contributed by atoms with E-state index in [1.54, 1.807) is 25.1 Å². The van der Waals surface area contributed by atoms with E-state index in [4.69, 9.17) is 11.6 Å². The van der Waals surface area contributed by atoms with Crippen LogP contribution in [-0.4, -0.2) is 37.0 Å². The number of alkyl halides is 3. The number of urea groups is 1. The van der Waals surface area contributed by atoms with Crippen LogP contribution in [0.15, 0.2) is 42.5 Å². The molecule has 166 valence electrons. The van der Waals surface area contributed by atoms with E-state index in [9.17, 15) is 22.8 Å². The lowest BCUT2D eigenvalue weighted by Crippen LogP contribution is -2.41. The number of rotatable bonds is 4. The van der Waals surface area contributed by atoms with Crippen LogP contribution in [0.2, 0.25) is 5.02 Å².